The van der Waals surface area contributed by atoms with Gasteiger partial charge in [0.15, 0.2) is 5.65 Å². The van der Waals surface area contributed by atoms with Gasteiger partial charge in [-0.05, 0) is 19.4 Å². The standard InChI is InChI=1S/C8H9N3/c1-6-4-11-5-9-3-8(11)10-7(6)2/h3-5H,1-2H3. The third-order valence-electron chi connectivity index (χ3n) is 1.83. The third kappa shape index (κ3) is 0.888. The Bertz CT molecular complexity index is 353. The maximum absolute atomic E-state index is 4.34. The van der Waals surface area contributed by atoms with Gasteiger partial charge in [0.25, 0.3) is 0 Å². The van der Waals surface area contributed by atoms with Crippen molar-refractivity contribution in [2.24, 2.45) is 0 Å². The Balaban J connectivity index is 2.86. The minimum absolute atomic E-state index is 0.910. The Labute approximate surface area is 64.7 Å². The molecular formula is C8H9N3. The first-order valence-corrected chi connectivity index (χ1v) is 3.53. The Morgan fingerprint density at radius 3 is 3.00 bits per heavy atom. The average molecular weight is 147 g/mol. The van der Waals surface area contributed by atoms with Gasteiger partial charge in [-0.1, -0.05) is 0 Å². The van der Waals surface area contributed by atoms with Crippen molar-refractivity contribution in [3.8, 4) is 0 Å². The Morgan fingerprint density at radius 1 is 1.36 bits per heavy atom. The molecule has 0 amide bonds. The van der Waals surface area contributed by atoms with Crippen molar-refractivity contribution in [3.05, 3.63) is 30.0 Å². The van der Waals surface area contributed by atoms with Gasteiger partial charge in [-0.2, -0.15) is 0 Å². The van der Waals surface area contributed by atoms with Crippen molar-refractivity contribution >= 4 is 5.65 Å². The zero-order valence-corrected chi connectivity index (χ0v) is 6.57. The fourth-order valence-corrected chi connectivity index (χ4v) is 1.05. The number of fused-ring (bicyclic) bond motifs is 1. The predicted octanol–water partition coefficient (Wildman–Crippen LogP) is 1.35. The van der Waals surface area contributed by atoms with Crippen LogP contribution in [0.1, 0.15) is 11.3 Å². The van der Waals surface area contributed by atoms with Crippen LogP contribution >= 0.6 is 0 Å². The lowest BCUT2D eigenvalue weighted by molar-refractivity contribution is 1.04. The van der Waals surface area contributed by atoms with E-state index < -0.39 is 0 Å². The van der Waals surface area contributed by atoms with Gasteiger partial charge in [0.05, 0.1) is 6.20 Å². The molecule has 2 aromatic rings. The lowest BCUT2D eigenvalue weighted by Crippen LogP contribution is -1.92. The van der Waals surface area contributed by atoms with Crippen molar-refractivity contribution in [1.82, 2.24) is 14.4 Å². The summed E-state index contributed by atoms with van der Waals surface area (Å²) in [6.07, 6.45) is 5.55. The van der Waals surface area contributed by atoms with Crippen molar-refractivity contribution in [2.45, 2.75) is 13.8 Å². The molecular weight excluding hydrogens is 138 g/mol. The van der Waals surface area contributed by atoms with Crippen molar-refractivity contribution < 1.29 is 0 Å². The molecule has 0 spiro atoms. The zero-order chi connectivity index (χ0) is 7.84. The largest absolute Gasteiger partial charge is 0.290 e. The quantitative estimate of drug-likeness (QED) is 0.563. The second-order valence-corrected chi connectivity index (χ2v) is 2.67. The van der Waals surface area contributed by atoms with E-state index >= 15 is 0 Å². The van der Waals surface area contributed by atoms with Crippen LogP contribution in [0, 0.1) is 13.8 Å². The van der Waals surface area contributed by atoms with Crippen LogP contribution in [-0.2, 0) is 0 Å². The summed E-state index contributed by atoms with van der Waals surface area (Å²) in [5, 5.41) is 0. The summed E-state index contributed by atoms with van der Waals surface area (Å²) in [6, 6.07) is 0. The number of imidazole rings is 1. The van der Waals surface area contributed by atoms with E-state index in [9.17, 15) is 0 Å². The zero-order valence-electron chi connectivity index (χ0n) is 6.57. The van der Waals surface area contributed by atoms with Crippen LogP contribution in [0.2, 0.25) is 0 Å². The molecule has 0 aliphatic heterocycles. The highest BCUT2D eigenvalue weighted by atomic mass is 15.0. The fraction of sp³-hybridized carbons (Fsp3) is 0.250. The number of aromatic nitrogens is 3. The highest BCUT2D eigenvalue weighted by molar-refractivity contribution is 5.37. The van der Waals surface area contributed by atoms with Crippen LogP contribution in [0.4, 0.5) is 0 Å². The predicted molar refractivity (Wildman–Crippen MR) is 42.5 cm³/mol. The van der Waals surface area contributed by atoms with Gasteiger partial charge in [-0.25, -0.2) is 9.97 Å². The maximum atomic E-state index is 4.34. The van der Waals surface area contributed by atoms with Crippen LogP contribution in [0.25, 0.3) is 5.65 Å². The molecule has 2 heterocycles. The summed E-state index contributed by atoms with van der Waals surface area (Å²) in [7, 11) is 0. The minimum Gasteiger partial charge on any atom is -0.290 e. The molecule has 0 saturated heterocycles. The van der Waals surface area contributed by atoms with Crippen LogP contribution in [0.3, 0.4) is 0 Å². The van der Waals surface area contributed by atoms with Gasteiger partial charge >= 0.3 is 0 Å². The van der Waals surface area contributed by atoms with Crippen molar-refractivity contribution in [2.75, 3.05) is 0 Å². The maximum Gasteiger partial charge on any atom is 0.156 e. The van der Waals surface area contributed by atoms with Gasteiger partial charge in [0, 0.05) is 11.9 Å². The molecule has 2 aromatic heterocycles. The SMILES string of the molecule is Cc1cn2cncc2nc1C. The second kappa shape index (κ2) is 2.05. The second-order valence-electron chi connectivity index (χ2n) is 2.67. The van der Waals surface area contributed by atoms with E-state index in [2.05, 4.69) is 9.97 Å². The number of aryl methyl sites for hydroxylation is 2. The van der Waals surface area contributed by atoms with Crippen molar-refractivity contribution in [1.29, 1.82) is 0 Å². The molecule has 11 heavy (non-hydrogen) atoms. The Morgan fingerprint density at radius 2 is 2.18 bits per heavy atom. The average Bonchev–Trinajstić information content (AvgIpc) is 2.36. The van der Waals surface area contributed by atoms with Gasteiger partial charge in [-0.15, -0.1) is 0 Å². The van der Waals surface area contributed by atoms with Gasteiger partial charge < -0.3 is 0 Å². The molecule has 0 aromatic carbocycles. The number of hydrogen-bond donors (Lipinski definition) is 0. The molecule has 56 valence electrons. The molecule has 3 nitrogen and oxygen atoms in total. The molecule has 0 saturated carbocycles. The van der Waals surface area contributed by atoms with Gasteiger partial charge in [0.1, 0.15) is 6.33 Å². The normalized spacial score (nSPS) is 10.7. The van der Waals surface area contributed by atoms with Gasteiger partial charge in [-0.3, -0.25) is 4.40 Å². The lowest BCUT2D eigenvalue weighted by Gasteiger charge is -1.98. The topological polar surface area (TPSA) is 30.2 Å². The summed E-state index contributed by atoms with van der Waals surface area (Å²) in [6.45, 7) is 4.05. The summed E-state index contributed by atoms with van der Waals surface area (Å²) < 4.78 is 1.92. The summed E-state index contributed by atoms with van der Waals surface area (Å²) in [5.74, 6) is 0. The molecule has 0 unspecified atom stereocenters. The number of hydrogen-bond acceptors (Lipinski definition) is 2. The molecule has 0 radical (unpaired) electrons. The first-order chi connectivity index (χ1) is 5.27. The number of nitrogens with zero attached hydrogens (tertiary/aromatic N) is 3. The third-order valence-corrected chi connectivity index (χ3v) is 1.83. The molecule has 0 fully saturated rings. The molecule has 0 atom stereocenters. The van der Waals surface area contributed by atoms with Crippen LogP contribution in [0.15, 0.2) is 18.7 Å². The van der Waals surface area contributed by atoms with Gasteiger partial charge in [0.2, 0.25) is 0 Å². The monoisotopic (exact) mass is 147 g/mol. The van der Waals surface area contributed by atoms with E-state index in [1.165, 1.54) is 5.56 Å². The van der Waals surface area contributed by atoms with E-state index in [-0.39, 0.29) is 0 Å². The summed E-state index contributed by atoms with van der Waals surface area (Å²) >= 11 is 0. The number of rotatable bonds is 0. The smallest absolute Gasteiger partial charge is 0.156 e. The molecule has 2 rings (SSSR count). The minimum atomic E-state index is 0.910. The summed E-state index contributed by atoms with van der Waals surface area (Å²) in [5.41, 5.74) is 3.17. The first-order valence-electron chi connectivity index (χ1n) is 3.53. The molecule has 0 N–H and O–H groups in total. The highest BCUT2D eigenvalue weighted by Crippen LogP contribution is 2.05. The molecule has 0 aliphatic rings. The fourth-order valence-electron chi connectivity index (χ4n) is 1.05. The van der Waals surface area contributed by atoms with E-state index in [4.69, 9.17) is 0 Å². The lowest BCUT2D eigenvalue weighted by atomic mass is 10.3. The van der Waals surface area contributed by atoms with E-state index in [0.717, 1.165) is 11.3 Å². The van der Waals surface area contributed by atoms with Crippen LogP contribution < -0.4 is 0 Å². The summed E-state index contributed by atoms with van der Waals surface area (Å²) in [4.78, 5) is 8.32. The highest BCUT2D eigenvalue weighted by Gasteiger charge is 1.97. The van der Waals surface area contributed by atoms with Crippen LogP contribution in [-0.4, -0.2) is 14.4 Å². The van der Waals surface area contributed by atoms with Crippen LogP contribution in [0.5, 0.6) is 0 Å². The van der Waals surface area contributed by atoms with E-state index in [0.29, 0.717) is 0 Å². The first kappa shape index (κ1) is 6.34. The van der Waals surface area contributed by atoms with E-state index in [1.54, 1.807) is 12.5 Å². The Hall–Kier alpha value is -1.38. The molecule has 0 bridgehead atoms. The molecule has 0 aliphatic carbocycles. The van der Waals surface area contributed by atoms with E-state index in [1.807, 2.05) is 24.4 Å². The molecule has 3 heteroatoms. The Kier molecular flexibility index (Phi) is 1.18. The van der Waals surface area contributed by atoms with Crippen molar-refractivity contribution in [3.63, 3.8) is 0 Å².